The van der Waals surface area contributed by atoms with Gasteiger partial charge in [-0.3, -0.25) is 4.98 Å². The first-order valence-electron chi connectivity index (χ1n) is 6.78. The van der Waals surface area contributed by atoms with Gasteiger partial charge in [-0.2, -0.15) is 0 Å². The van der Waals surface area contributed by atoms with E-state index in [-0.39, 0.29) is 24.4 Å². The fourth-order valence-electron chi connectivity index (χ4n) is 2.15. The van der Waals surface area contributed by atoms with Crippen LogP contribution in [0.25, 0.3) is 0 Å². The fourth-order valence-corrected chi connectivity index (χ4v) is 2.15. The number of nitrogens with zero attached hydrogens (tertiary/aromatic N) is 2. The Kier molecular flexibility index (Phi) is 6.91. The van der Waals surface area contributed by atoms with Gasteiger partial charge in [0.15, 0.2) is 0 Å². The van der Waals surface area contributed by atoms with Crippen molar-refractivity contribution >= 4 is 0 Å². The minimum Gasteiger partial charge on any atom is -0.395 e. The highest BCUT2D eigenvalue weighted by Gasteiger charge is 2.18. The summed E-state index contributed by atoms with van der Waals surface area (Å²) in [5.41, 5.74) is 6.86. The Morgan fingerprint density at radius 1 is 1.42 bits per heavy atom. The Balaban J connectivity index is 2.59. The molecule has 1 aromatic rings. The standard InChI is InChI=1S/C14H24FN3O/c1-3-6-18(7-8-19)10-11(2)14(16)13-5-4-12(15)9-17-13/h4-5,9,11,14,19H,3,6-8,10,16H2,1-2H3. The lowest BCUT2D eigenvalue weighted by molar-refractivity contribution is 0.171. The van der Waals surface area contributed by atoms with Crippen molar-refractivity contribution in [3.63, 3.8) is 0 Å². The van der Waals surface area contributed by atoms with E-state index in [9.17, 15) is 4.39 Å². The van der Waals surface area contributed by atoms with E-state index < -0.39 is 0 Å². The summed E-state index contributed by atoms with van der Waals surface area (Å²) >= 11 is 0. The van der Waals surface area contributed by atoms with Crippen LogP contribution in [-0.2, 0) is 0 Å². The van der Waals surface area contributed by atoms with E-state index in [4.69, 9.17) is 10.8 Å². The van der Waals surface area contributed by atoms with Crippen LogP contribution in [0.3, 0.4) is 0 Å². The van der Waals surface area contributed by atoms with Crippen LogP contribution in [0.1, 0.15) is 32.0 Å². The Labute approximate surface area is 114 Å². The number of hydrogen-bond donors (Lipinski definition) is 2. The first-order valence-corrected chi connectivity index (χ1v) is 6.78. The average molecular weight is 269 g/mol. The van der Waals surface area contributed by atoms with Crippen molar-refractivity contribution in [1.82, 2.24) is 9.88 Å². The number of rotatable bonds is 8. The van der Waals surface area contributed by atoms with Crippen molar-refractivity contribution in [2.45, 2.75) is 26.3 Å². The molecule has 0 saturated carbocycles. The summed E-state index contributed by atoms with van der Waals surface area (Å²) in [5, 5.41) is 9.04. The number of pyridine rings is 1. The first kappa shape index (κ1) is 16.0. The predicted octanol–water partition coefficient (Wildman–Crippen LogP) is 1.56. The molecule has 0 bridgehead atoms. The van der Waals surface area contributed by atoms with Gasteiger partial charge in [0.2, 0.25) is 0 Å². The summed E-state index contributed by atoms with van der Waals surface area (Å²) in [6.07, 6.45) is 2.23. The van der Waals surface area contributed by atoms with Crippen molar-refractivity contribution in [1.29, 1.82) is 0 Å². The molecule has 0 radical (unpaired) electrons. The molecule has 0 spiro atoms. The topological polar surface area (TPSA) is 62.4 Å². The number of aliphatic hydroxyl groups is 1. The largest absolute Gasteiger partial charge is 0.395 e. The monoisotopic (exact) mass is 269 g/mol. The van der Waals surface area contributed by atoms with E-state index in [1.54, 1.807) is 6.07 Å². The van der Waals surface area contributed by atoms with Crippen molar-refractivity contribution < 1.29 is 9.50 Å². The third-order valence-electron chi connectivity index (χ3n) is 3.21. The second kappa shape index (κ2) is 8.19. The molecule has 1 rings (SSSR count). The average Bonchev–Trinajstić information content (AvgIpc) is 2.39. The summed E-state index contributed by atoms with van der Waals surface area (Å²) < 4.78 is 12.8. The van der Waals surface area contributed by atoms with Crippen LogP contribution >= 0.6 is 0 Å². The molecular formula is C14H24FN3O. The summed E-state index contributed by atoms with van der Waals surface area (Å²) in [5.74, 6) is -0.160. The minimum atomic E-state index is -0.350. The summed E-state index contributed by atoms with van der Waals surface area (Å²) in [7, 11) is 0. The second-order valence-corrected chi connectivity index (χ2v) is 4.93. The van der Waals surface area contributed by atoms with Gasteiger partial charge < -0.3 is 15.7 Å². The maximum Gasteiger partial charge on any atom is 0.141 e. The minimum absolute atomic E-state index is 0.150. The Morgan fingerprint density at radius 3 is 2.68 bits per heavy atom. The molecule has 0 aromatic carbocycles. The number of halogens is 1. The number of aliphatic hydroxyl groups excluding tert-OH is 1. The van der Waals surface area contributed by atoms with Crippen LogP contribution in [0, 0.1) is 11.7 Å². The SMILES string of the molecule is CCCN(CCO)CC(C)C(N)c1ccc(F)cn1. The van der Waals surface area contributed by atoms with Gasteiger partial charge in [-0.05, 0) is 31.0 Å². The summed E-state index contributed by atoms with van der Waals surface area (Å²) in [6, 6.07) is 2.79. The molecule has 0 aliphatic heterocycles. The lowest BCUT2D eigenvalue weighted by Gasteiger charge is -2.27. The molecule has 1 heterocycles. The molecule has 0 amide bonds. The van der Waals surface area contributed by atoms with Crippen LogP contribution < -0.4 is 5.73 Å². The second-order valence-electron chi connectivity index (χ2n) is 4.93. The molecule has 3 N–H and O–H groups in total. The van der Waals surface area contributed by atoms with Gasteiger partial charge in [-0.25, -0.2) is 4.39 Å². The van der Waals surface area contributed by atoms with Gasteiger partial charge >= 0.3 is 0 Å². The maximum atomic E-state index is 12.8. The lowest BCUT2D eigenvalue weighted by atomic mass is 9.98. The van der Waals surface area contributed by atoms with E-state index >= 15 is 0 Å². The molecule has 0 fully saturated rings. The molecule has 1 aromatic heterocycles. The molecule has 0 aliphatic carbocycles. The summed E-state index contributed by atoms with van der Waals surface area (Å²) in [4.78, 5) is 6.22. The van der Waals surface area contributed by atoms with Crippen LogP contribution in [0.4, 0.5) is 4.39 Å². The lowest BCUT2D eigenvalue weighted by Crippen LogP contribution is -2.36. The Hall–Kier alpha value is -1.04. The maximum absolute atomic E-state index is 12.8. The molecule has 4 nitrogen and oxygen atoms in total. The zero-order valence-corrected chi connectivity index (χ0v) is 11.7. The highest BCUT2D eigenvalue weighted by Crippen LogP contribution is 2.18. The quantitative estimate of drug-likeness (QED) is 0.752. The molecular weight excluding hydrogens is 245 g/mol. The first-order chi connectivity index (χ1) is 9.08. The number of hydrogen-bond acceptors (Lipinski definition) is 4. The van der Waals surface area contributed by atoms with Crippen LogP contribution in [0.15, 0.2) is 18.3 Å². The van der Waals surface area contributed by atoms with Crippen molar-refractivity contribution in [3.05, 3.63) is 29.8 Å². The van der Waals surface area contributed by atoms with E-state index in [0.29, 0.717) is 12.2 Å². The number of nitrogens with two attached hydrogens (primary N) is 1. The Bertz CT molecular complexity index is 352. The normalized spacial score (nSPS) is 14.6. The Morgan fingerprint density at radius 2 is 2.16 bits per heavy atom. The van der Waals surface area contributed by atoms with Crippen molar-refractivity contribution in [2.75, 3.05) is 26.2 Å². The molecule has 0 aliphatic rings. The van der Waals surface area contributed by atoms with Crippen LogP contribution in [-0.4, -0.2) is 41.2 Å². The molecule has 0 saturated heterocycles. The highest BCUT2D eigenvalue weighted by molar-refractivity contribution is 5.10. The molecule has 5 heteroatoms. The molecule has 2 unspecified atom stereocenters. The molecule has 19 heavy (non-hydrogen) atoms. The van der Waals surface area contributed by atoms with Gasteiger partial charge in [0.1, 0.15) is 5.82 Å². The van der Waals surface area contributed by atoms with Crippen LogP contribution in [0.2, 0.25) is 0 Å². The van der Waals surface area contributed by atoms with Gasteiger partial charge in [0.05, 0.1) is 24.5 Å². The van der Waals surface area contributed by atoms with E-state index in [2.05, 4.69) is 23.7 Å². The van der Waals surface area contributed by atoms with E-state index in [1.165, 1.54) is 12.3 Å². The van der Waals surface area contributed by atoms with Gasteiger partial charge in [-0.15, -0.1) is 0 Å². The number of aromatic nitrogens is 1. The van der Waals surface area contributed by atoms with E-state index in [0.717, 1.165) is 19.5 Å². The molecule has 2 atom stereocenters. The van der Waals surface area contributed by atoms with E-state index in [1.807, 2.05) is 0 Å². The van der Waals surface area contributed by atoms with Crippen molar-refractivity contribution in [2.24, 2.45) is 11.7 Å². The van der Waals surface area contributed by atoms with Gasteiger partial charge in [0, 0.05) is 13.1 Å². The smallest absolute Gasteiger partial charge is 0.141 e. The highest BCUT2D eigenvalue weighted by atomic mass is 19.1. The summed E-state index contributed by atoms with van der Waals surface area (Å²) in [6.45, 7) is 6.70. The van der Waals surface area contributed by atoms with Crippen LogP contribution in [0.5, 0.6) is 0 Å². The fraction of sp³-hybridized carbons (Fsp3) is 0.643. The van der Waals surface area contributed by atoms with Gasteiger partial charge in [0.25, 0.3) is 0 Å². The predicted molar refractivity (Wildman–Crippen MR) is 74.1 cm³/mol. The molecule has 108 valence electrons. The zero-order chi connectivity index (χ0) is 14.3. The van der Waals surface area contributed by atoms with Crippen molar-refractivity contribution in [3.8, 4) is 0 Å². The zero-order valence-electron chi connectivity index (χ0n) is 11.7. The third kappa shape index (κ3) is 5.22. The van der Waals surface area contributed by atoms with Gasteiger partial charge in [-0.1, -0.05) is 13.8 Å². The third-order valence-corrected chi connectivity index (χ3v) is 3.21.